The smallest absolute Gasteiger partial charge is 0.278 e. The zero-order chi connectivity index (χ0) is 25.6. The third-order valence-electron chi connectivity index (χ3n) is 7.24. The summed E-state index contributed by atoms with van der Waals surface area (Å²) in [6.45, 7) is 10.4. The Bertz CT molecular complexity index is 1510. The molecule has 1 saturated heterocycles. The van der Waals surface area contributed by atoms with Gasteiger partial charge >= 0.3 is 0 Å². The van der Waals surface area contributed by atoms with Gasteiger partial charge in [0.2, 0.25) is 5.95 Å². The van der Waals surface area contributed by atoms with Crippen LogP contribution in [0.25, 0.3) is 16.7 Å². The fourth-order valence-corrected chi connectivity index (χ4v) is 4.95. The average Bonchev–Trinajstić information content (AvgIpc) is 3.13. The number of rotatable bonds is 6. The standard InChI is InChI=1S/C28H33N7O2/c1-28(2,3)24-13-22(7-10-30-24)35-25-23(26(36)34(35)11-8-18-16-37-17-18)15-31-27(33-25)32-21-5-4-20-14-29-9-6-19(20)12-21/h4-5,7,10,12-13,15,18,29H,6,8-9,11,14,16-17H2,1-3H3,(H,31,32,33). The number of ether oxygens (including phenoxy) is 1. The highest BCUT2D eigenvalue weighted by Crippen LogP contribution is 2.26. The van der Waals surface area contributed by atoms with Crippen molar-refractivity contribution >= 4 is 22.7 Å². The van der Waals surface area contributed by atoms with E-state index in [-0.39, 0.29) is 11.0 Å². The maximum Gasteiger partial charge on any atom is 0.278 e. The average molecular weight is 500 g/mol. The molecule has 2 aliphatic heterocycles. The monoisotopic (exact) mass is 499 g/mol. The summed E-state index contributed by atoms with van der Waals surface area (Å²) < 4.78 is 9.07. The van der Waals surface area contributed by atoms with E-state index in [4.69, 9.17) is 9.72 Å². The van der Waals surface area contributed by atoms with Crippen LogP contribution in [0.15, 0.2) is 47.5 Å². The number of fused-ring (bicyclic) bond motifs is 2. The van der Waals surface area contributed by atoms with E-state index in [0.29, 0.717) is 29.4 Å². The van der Waals surface area contributed by atoms with E-state index >= 15 is 0 Å². The number of pyridine rings is 1. The fourth-order valence-electron chi connectivity index (χ4n) is 4.95. The van der Waals surface area contributed by atoms with Gasteiger partial charge in [0.1, 0.15) is 5.39 Å². The van der Waals surface area contributed by atoms with Crippen LogP contribution in [0.1, 0.15) is 44.0 Å². The Labute approximate surface area is 215 Å². The van der Waals surface area contributed by atoms with Crippen molar-refractivity contribution in [2.24, 2.45) is 5.92 Å². The largest absolute Gasteiger partial charge is 0.381 e. The van der Waals surface area contributed by atoms with Crippen molar-refractivity contribution in [2.75, 3.05) is 25.1 Å². The van der Waals surface area contributed by atoms with Gasteiger partial charge < -0.3 is 15.4 Å². The van der Waals surface area contributed by atoms with Gasteiger partial charge in [-0.1, -0.05) is 26.8 Å². The topological polar surface area (TPSA) is 98.9 Å². The first kappa shape index (κ1) is 23.8. The van der Waals surface area contributed by atoms with E-state index in [1.165, 1.54) is 11.1 Å². The van der Waals surface area contributed by atoms with Crippen molar-refractivity contribution in [3.63, 3.8) is 0 Å². The van der Waals surface area contributed by atoms with Crippen molar-refractivity contribution in [1.29, 1.82) is 0 Å². The number of hydrogen-bond donors (Lipinski definition) is 2. The van der Waals surface area contributed by atoms with Crippen molar-refractivity contribution < 1.29 is 4.74 Å². The number of aromatic nitrogens is 5. The van der Waals surface area contributed by atoms with E-state index in [0.717, 1.165) is 56.2 Å². The summed E-state index contributed by atoms with van der Waals surface area (Å²) >= 11 is 0. The molecule has 192 valence electrons. The highest BCUT2D eigenvalue weighted by atomic mass is 16.5. The summed E-state index contributed by atoms with van der Waals surface area (Å²) in [5, 5.41) is 7.27. The maximum atomic E-state index is 13.5. The van der Waals surface area contributed by atoms with Crippen LogP contribution in [0.5, 0.6) is 0 Å². The van der Waals surface area contributed by atoms with Crippen molar-refractivity contribution in [3.05, 3.63) is 69.9 Å². The second kappa shape index (κ2) is 9.39. The molecule has 0 amide bonds. The van der Waals surface area contributed by atoms with Gasteiger partial charge in [0.05, 0.1) is 18.9 Å². The van der Waals surface area contributed by atoms with Gasteiger partial charge in [0, 0.05) is 48.2 Å². The molecule has 4 aromatic rings. The molecule has 5 heterocycles. The first-order chi connectivity index (χ1) is 17.9. The van der Waals surface area contributed by atoms with Gasteiger partial charge in [-0.3, -0.25) is 9.78 Å². The summed E-state index contributed by atoms with van der Waals surface area (Å²) in [6, 6.07) is 10.3. The highest BCUT2D eigenvalue weighted by Gasteiger charge is 2.23. The van der Waals surface area contributed by atoms with E-state index in [1.807, 2.05) is 10.7 Å². The van der Waals surface area contributed by atoms with Crippen molar-refractivity contribution in [3.8, 4) is 5.69 Å². The number of benzene rings is 1. The Hall–Kier alpha value is -3.56. The Morgan fingerprint density at radius 1 is 1.14 bits per heavy atom. The van der Waals surface area contributed by atoms with Crippen molar-refractivity contribution in [1.82, 2.24) is 29.6 Å². The summed E-state index contributed by atoms with van der Waals surface area (Å²) in [5.41, 5.74) is 5.78. The van der Waals surface area contributed by atoms with E-state index in [1.54, 1.807) is 17.1 Å². The fraction of sp³-hybridized carbons (Fsp3) is 0.429. The molecule has 0 bridgehead atoms. The normalized spacial score (nSPS) is 16.0. The van der Waals surface area contributed by atoms with E-state index in [9.17, 15) is 4.79 Å². The molecule has 2 N–H and O–H groups in total. The third-order valence-corrected chi connectivity index (χ3v) is 7.24. The summed E-state index contributed by atoms with van der Waals surface area (Å²) in [4.78, 5) is 27.5. The van der Waals surface area contributed by atoms with Crippen LogP contribution in [0.4, 0.5) is 11.6 Å². The predicted octanol–water partition coefficient (Wildman–Crippen LogP) is 3.70. The molecule has 0 saturated carbocycles. The first-order valence-corrected chi connectivity index (χ1v) is 13.0. The first-order valence-electron chi connectivity index (χ1n) is 13.0. The minimum absolute atomic E-state index is 0.0859. The molecule has 6 rings (SSSR count). The molecule has 9 heteroatoms. The molecule has 0 aliphatic carbocycles. The summed E-state index contributed by atoms with van der Waals surface area (Å²) in [5.74, 6) is 0.938. The van der Waals surface area contributed by atoms with E-state index in [2.05, 4.69) is 65.6 Å². The van der Waals surface area contributed by atoms with Gasteiger partial charge in [-0.25, -0.2) is 14.3 Å². The molecule has 0 spiro atoms. The number of hydrogen-bond acceptors (Lipinski definition) is 7. The van der Waals surface area contributed by atoms with Crippen LogP contribution in [0.3, 0.4) is 0 Å². The van der Waals surface area contributed by atoms with Gasteiger partial charge in [0.15, 0.2) is 5.65 Å². The lowest BCUT2D eigenvalue weighted by molar-refractivity contribution is -0.0377. The summed E-state index contributed by atoms with van der Waals surface area (Å²) in [7, 11) is 0. The lowest BCUT2D eigenvalue weighted by Gasteiger charge is -2.26. The minimum Gasteiger partial charge on any atom is -0.381 e. The predicted molar refractivity (Wildman–Crippen MR) is 144 cm³/mol. The third kappa shape index (κ3) is 4.65. The molecule has 1 aromatic carbocycles. The van der Waals surface area contributed by atoms with Crippen LogP contribution in [-0.4, -0.2) is 44.1 Å². The van der Waals surface area contributed by atoms with Gasteiger partial charge in [0.25, 0.3) is 5.56 Å². The number of anilines is 2. The van der Waals surface area contributed by atoms with Crippen LogP contribution in [0.2, 0.25) is 0 Å². The zero-order valence-electron chi connectivity index (χ0n) is 21.6. The van der Waals surface area contributed by atoms with Crippen molar-refractivity contribution in [2.45, 2.75) is 52.1 Å². The maximum absolute atomic E-state index is 13.5. The molecule has 1 fully saturated rings. The number of nitrogens with zero attached hydrogens (tertiary/aromatic N) is 5. The van der Waals surface area contributed by atoms with E-state index < -0.39 is 0 Å². The quantitative estimate of drug-likeness (QED) is 0.417. The van der Waals surface area contributed by atoms with Gasteiger partial charge in [-0.2, -0.15) is 4.98 Å². The molecule has 9 nitrogen and oxygen atoms in total. The number of nitrogens with one attached hydrogen (secondary N) is 2. The SMILES string of the molecule is CC(C)(C)c1cc(-n2c3nc(Nc4ccc5c(c4)CCNC5)ncc3c(=O)n2CCC2COC2)ccn1. The lowest BCUT2D eigenvalue weighted by atomic mass is 9.91. The second-order valence-corrected chi connectivity index (χ2v) is 11.0. The minimum atomic E-state index is -0.128. The molecular weight excluding hydrogens is 466 g/mol. The van der Waals surface area contributed by atoms with Gasteiger partial charge in [-0.15, -0.1) is 0 Å². The lowest BCUT2D eigenvalue weighted by Crippen LogP contribution is -2.31. The Morgan fingerprint density at radius 3 is 2.78 bits per heavy atom. The highest BCUT2D eigenvalue weighted by molar-refractivity contribution is 5.77. The van der Waals surface area contributed by atoms with Crippen LogP contribution in [0, 0.1) is 5.92 Å². The van der Waals surface area contributed by atoms with Crippen LogP contribution in [-0.2, 0) is 29.7 Å². The molecule has 2 aliphatic rings. The molecule has 0 radical (unpaired) electrons. The molecule has 3 aromatic heterocycles. The van der Waals surface area contributed by atoms with Gasteiger partial charge in [-0.05, 0) is 54.8 Å². The Balaban J connectivity index is 1.43. The molecule has 37 heavy (non-hydrogen) atoms. The van der Waals surface area contributed by atoms with Crippen LogP contribution >= 0.6 is 0 Å². The summed E-state index contributed by atoms with van der Waals surface area (Å²) in [6.07, 6.45) is 5.31. The Morgan fingerprint density at radius 2 is 2.00 bits per heavy atom. The molecule has 0 atom stereocenters. The second-order valence-electron chi connectivity index (χ2n) is 11.0. The Kier molecular flexibility index (Phi) is 6.04. The zero-order valence-corrected chi connectivity index (χ0v) is 21.6. The van der Waals surface area contributed by atoms with Crippen LogP contribution < -0.4 is 16.2 Å². The molecule has 0 unspecified atom stereocenters. The molecular formula is C28H33N7O2.